The summed E-state index contributed by atoms with van der Waals surface area (Å²) in [4.78, 5) is 13.9. The molecule has 1 saturated heterocycles. The van der Waals surface area contributed by atoms with Crippen LogP contribution in [0.25, 0.3) is 0 Å². The van der Waals surface area contributed by atoms with Crippen molar-refractivity contribution < 1.29 is 9.53 Å². The van der Waals surface area contributed by atoms with Gasteiger partial charge in [-0.25, -0.2) is 4.79 Å². The van der Waals surface area contributed by atoms with Gasteiger partial charge in [-0.3, -0.25) is 0 Å². The van der Waals surface area contributed by atoms with Gasteiger partial charge in [0.25, 0.3) is 0 Å². The van der Waals surface area contributed by atoms with Gasteiger partial charge in [0, 0.05) is 43.3 Å². The molecule has 0 saturated carbocycles. The number of carbonyl (C=O) groups excluding carboxylic acids is 1. The van der Waals surface area contributed by atoms with Crippen LogP contribution in [-0.2, 0) is 6.42 Å². The number of nitrogens with zero attached hydrogens (tertiary/aromatic N) is 1. The van der Waals surface area contributed by atoms with E-state index in [1.54, 1.807) is 0 Å². The molecule has 1 aromatic carbocycles. The zero-order valence-corrected chi connectivity index (χ0v) is 11.8. The van der Waals surface area contributed by atoms with Crippen LogP contribution in [0.1, 0.15) is 18.9 Å². The number of fused-ring (bicyclic) bond motifs is 1. The van der Waals surface area contributed by atoms with E-state index >= 15 is 0 Å². The van der Waals surface area contributed by atoms with Crippen molar-refractivity contribution in [3.63, 3.8) is 0 Å². The van der Waals surface area contributed by atoms with Crippen LogP contribution in [0.3, 0.4) is 0 Å². The fourth-order valence-corrected chi connectivity index (χ4v) is 2.99. The maximum atomic E-state index is 11.6. The van der Waals surface area contributed by atoms with E-state index in [0.29, 0.717) is 6.54 Å². The third kappa shape index (κ3) is 2.53. The Kier molecular flexibility index (Phi) is 3.67. The maximum Gasteiger partial charge on any atom is 0.315 e. The lowest BCUT2D eigenvalue weighted by Gasteiger charge is -2.21. The molecule has 0 aromatic heterocycles. The zero-order valence-electron chi connectivity index (χ0n) is 11.8. The Morgan fingerprint density at radius 1 is 1.50 bits per heavy atom. The van der Waals surface area contributed by atoms with Gasteiger partial charge in [-0.2, -0.15) is 0 Å². The zero-order chi connectivity index (χ0) is 13.9. The van der Waals surface area contributed by atoms with Gasteiger partial charge in [-0.15, -0.1) is 0 Å². The molecule has 108 valence electrons. The Bertz CT molecular complexity index is 504. The predicted octanol–water partition coefficient (Wildman–Crippen LogP) is 1.52. The lowest BCUT2D eigenvalue weighted by atomic mass is 10.1. The number of nitrogens with one attached hydrogen (secondary N) is 2. The molecule has 1 atom stereocenters. The first-order valence-electron chi connectivity index (χ1n) is 7.32. The lowest BCUT2D eigenvalue weighted by Crippen LogP contribution is -2.43. The number of carbonyl (C=O) groups is 1. The smallest absolute Gasteiger partial charge is 0.315 e. The van der Waals surface area contributed by atoms with Gasteiger partial charge < -0.3 is 20.3 Å². The van der Waals surface area contributed by atoms with Crippen LogP contribution >= 0.6 is 0 Å². The summed E-state index contributed by atoms with van der Waals surface area (Å²) in [5, 5.41) is 5.80. The van der Waals surface area contributed by atoms with Gasteiger partial charge in [0.15, 0.2) is 0 Å². The second-order valence-electron chi connectivity index (χ2n) is 5.29. The first-order valence-corrected chi connectivity index (χ1v) is 7.32. The van der Waals surface area contributed by atoms with Crippen LogP contribution in [0.15, 0.2) is 18.2 Å². The van der Waals surface area contributed by atoms with Crippen molar-refractivity contribution in [3.05, 3.63) is 23.8 Å². The van der Waals surface area contributed by atoms with Crippen molar-refractivity contribution in [2.75, 3.05) is 31.1 Å². The maximum absolute atomic E-state index is 11.6. The van der Waals surface area contributed by atoms with Gasteiger partial charge in [0.05, 0.1) is 6.61 Å². The molecular weight excluding hydrogens is 254 g/mol. The van der Waals surface area contributed by atoms with Crippen LogP contribution in [-0.4, -0.2) is 38.3 Å². The minimum absolute atomic E-state index is 0.0685. The fraction of sp³-hybridized carbons (Fsp3) is 0.533. The highest BCUT2D eigenvalue weighted by Crippen LogP contribution is 2.35. The van der Waals surface area contributed by atoms with E-state index in [1.165, 1.54) is 11.3 Å². The quantitative estimate of drug-likeness (QED) is 0.879. The number of urea groups is 1. The molecular formula is C15H21N3O2. The predicted molar refractivity (Wildman–Crippen MR) is 78.5 cm³/mol. The molecule has 2 heterocycles. The van der Waals surface area contributed by atoms with Crippen molar-refractivity contribution in [2.45, 2.75) is 25.8 Å². The highest BCUT2D eigenvalue weighted by molar-refractivity contribution is 5.74. The summed E-state index contributed by atoms with van der Waals surface area (Å²) in [6.45, 7) is 5.21. The van der Waals surface area contributed by atoms with Gasteiger partial charge in [-0.05, 0) is 25.5 Å². The van der Waals surface area contributed by atoms with Crippen molar-refractivity contribution in [3.8, 4) is 5.75 Å². The van der Waals surface area contributed by atoms with Crippen LogP contribution in [0, 0.1) is 0 Å². The van der Waals surface area contributed by atoms with Gasteiger partial charge in [0.1, 0.15) is 5.75 Å². The summed E-state index contributed by atoms with van der Waals surface area (Å²) >= 11 is 0. The minimum atomic E-state index is -0.0685. The van der Waals surface area contributed by atoms with Gasteiger partial charge >= 0.3 is 6.03 Å². The summed E-state index contributed by atoms with van der Waals surface area (Å²) in [7, 11) is 0. The summed E-state index contributed by atoms with van der Waals surface area (Å²) in [6, 6.07) is 6.39. The molecule has 5 heteroatoms. The second kappa shape index (κ2) is 5.61. The van der Waals surface area contributed by atoms with E-state index in [9.17, 15) is 4.79 Å². The van der Waals surface area contributed by atoms with E-state index in [1.807, 2.05) is 19.1 Å². The van der Waals surface area contributed by atoms with Gasteiger partial charge in [-0.1, -0.05) is 6.07 Å². The van der Waals surface area contributed by atoms with E-state index in [4.69, 9.17) is 4.74 Å². The average Bonchev–Trinajstić information content (AvgIpc) is 3.06. The Hall–Kier alpha value is -1.91. The molecule has 0 radical (unpaired) electrons. The monoisotopic (exact) mass is 275 g/mol. The normalized spacial score (nSPS) is 20.4. The Labute approximate surface area is 119 Å². The highest BCUT2D eigenvalue weighted by Gasteiger charge is 2.27. The summed E-state index contributed by atoms with van der Waals surface area (Å²) in [6.07, 6.45) is 1.97. The minimum Gasteiger partial charge on any atom is -0.493 e. The molecule has 20 heavy (non-hydrogen) atoms. The highest BCUT2D eigenvalue weighted by atomic mass is 16.5. The third-order valence-corrected chi connectivity index (χ3v) is 3.92. The van der Waals surface area contributed by atoms with E-state index in [-0.39, 0.29) is 12.1 Å². The molecule has 1 fully saturated rings. The average molecular weight is 275 g/mol. The fourth-order valence-electron chi connectivity index (χ4n) is 2.99. The number of hydrogen-bond acceptors (Lipinski definition) is 3. The molecule has 3 rings (SSSR count). The number of benzene rings is 1. The van der Waals surface area contributed by atoms with Crippen molar-refractivity contribution in [2.24, 2.45) is 0 Å². The molecule has 5 nitrogen and oxygen atoms in total. The third-order valence-electron chi connectivity index (χ3n) is 3.92. The summed E-state index contributed by atoms with van der Waals surface area (Å²) in [5.74, 6) is 1.02. The number of hydrogen-bond donors (Lipinski definition) is 2. The van der Waals surface area contributed by atoms with Crippen LogP contribution in [0.5, 0.6) is 5.75 Å². The molecule has 0 unspecified atom stereocenters. The summed E-state index contributed by atoms with van der Waals surface area (Å²) < 4.78 is 5.62. The molecule has 1 aromatic rings. The lowest BCUT2D eigenvalue weighted by molar-refractivity contribution is 0.238. The summed E-state index contributed by atoms with van der Waals surface area (Å²) in [5.41, 5.74) is 2.58. The Morgan fingerprint density at radius 3 is 3.25 bits per heavy atom. The van der Waals surface area contributed by atoms with Crippen LogP contribution < -0.4 is 20.3 Å². The number of amides is 2. The number of rotatable bonds is 3. The SMILES string of the molecule is CCNC(=O)N[C@H]1CCN(c2cccc3c2CCO3)C1. The van der Waals surface area contributed by atoms with Crippen LogP contribution in [0.4, 0.5) is 10.5 Å². The van der Waals surface area contributed by atoms with Crippen molar-refractivity contribution in [1.29, 1.82) is 0 Å². The first kappa shape index (κ1) is 13.1. The molecule has 2 aliphatic heterocycles. The van der Waals surface area contributed by atoms with Crippen LogP contribution in [0.2, 0.25) is 0 Å². The van der Waals surface area contributed by atoms with Crippen molar-refractivity contribution >= 4 is 11.7 Å². The molecule has 0 aliphatic carbocycles. The Morgan fingerprint density at radius 2 is 2.40 bits per heavy atom. The van der Waals surface area contributed by atoms with E-state index < -0.39 is 0 Å². The topological polar surface area (TPSA) is 53.6 Å². The molecule has 2 aliphatic rings. The van der Waals surface area contributed by atoms with Crippen molar-refractivity contribution in [1.82, 2.24) is 10.6 Å². The molecule has 2 N–H and O–H groups in total. The largest absolute Gasteiger partial charge is 0.493 e. The van der Waals surface area contributed by atoms with E-state index in [2.05, 4.69) is 21.6 Å². The number of ether oxygens (including phenoxy) is 1. The number of anilines is 1. The van der Waals surface area contributed by atoms with Gasteiger partial charge in [0.2, 0.25) is 0 Å². The molecule has 0 bridgehead atoms. The molecule has 2 amide bonds. The van der Waals surface area contributed by atoms with E-state index in [0.717, 1.165) is 38.3 Å². The first-order chi connectivity index (χ1) is 9.78. The standard InChI is InChI=1S/C15H21N3O2/c1-2-16-15(19)17-11-6-8-18(10-11)13-4-3-5-14-12(13)7-9-20-14/h3-5,11H,2,6-10H2,1H3,(H2,16,17,19)/t11-/m0/s1. The molecule has 0 spiro atoms. The Balaban J connectivity index is 1.66. The second-order valence-corrected chi connectivity index (χ2v) is 5.29.